The van der Waals surface area contributed by atoms with E-state index >= 15 is 0 Å². The molecule has 2 aliphatic heterocycles. The Morgan fingerprint density at radius 3 is 2.67 bits per heavy atom. The minimum absolute atomic E-state index is 0.0583. The molecule has 1 saturated heterocycles. The van der Waals surface area contributed by atoms with Crippen molar-refractivity contribution in [3.8, 4) is 5.75 Å². The molecule has 0 unspecified atom stereocenters. The quantitative estimate of drug-likeness (QED) is 0.781. The third-order valence-electron chi connectivity index (χ3n) is 5.70. The molecule has 0 atom stereocenters. The zero-order chi connectivity index (χ0) is 18.8. The lowest BCUT2D eigenvalue weighted by Gasteiger charge is -2.40. The van der Waals surface area contributed by atoms with Crippen LogP contribution in [0.3, 0.4) is 0 Å². The smallest absolute Gasteiger partial charge is 0.255 e. The normalized spacial score (nSPS) is 18.2. The minimum atomic E-state index is -0.562. The van der Waals surface area contributed by atoms with Crippen molar-refractivity contribution in [3.63, 3.8) is 0 Å². The molecule has 5 nitrogen and oxygen atoms in total. The zero-order valence-corrected chi connectivity index (χ0v) is 15.5. The van der Waals surface area contributed by atoms with Gasteiger partial charge in [0.05, 0.1) is 12.7 Å². The van der Waals surface area contributed by atoms with Gasteiger partial charge in [-0.15, -0.1) is 0 Å². The first-order valence-electron chi connectivity index (χ1n) is 9.44. The number of pyridine rings is 1. The number of carbonyl (C=O) groups is 1. The number of hydrogen-bond acceptors (Lipinski definition) is 4. The highest BCUT2D eigenvalue weighted by Crippen LogP contribution is 2.27. The molecular weight excluding hydrogens is 345 g/mol. The number of likely N-dealkylation sites (tertiary alicyclic amines) is 1. The summed E-state index contributed by atoms with van der Waals surface area (Å²) in [6.07, 6.45) is 4.28. The summed E-state index contributed by atoms with van der Waals surface area (Å²) in [5.74, 6) is 0.301. The molecule has 1 amide bonds. The van der Waals surface area contributed by atoms with E-state index in [1.807, 2.05) is 11.0 Å². The molecule has 3 heterocycles. The maximum atomic E-state index is 12.9. The van der Waals surface area contributed by atoms with Crippen molar-refractivity contribution in [1.29, 1.82) is 0 Å². The van der Waals surface area contributed by atoms with Crippen LogP contribution < -0.4 is 4.74 Å². The predicted octanol–water partition coefficient (Wildman–Crippen LogP) is 2.89. The Hall–Kier alpha value is -2.47. The summed E-state index contributed by atoms with van der Waals surface area (Å²) in [5, 5.41) is 0. The molecule has 0 bridgehead atoms. The van der Waals surface area contributed by atoms with E-state index < -0.39 is 5.95 Å². The number of benzene rings is 1. The first-order valence-corrected chi connectivity index (χ1v) is 9.44. The number of halogens is 1. The highest BCUT2D eigenvalue weighted by Gasteiger charge is 2.29. The van der Waals surface area contributed by atoms with Crippen LogP contribution in [-0.2, 0) is 13.0 Å². The van der Waals surface area contributed by atoms with Crippen LogP contribution in [0.1, 0.15) is 34.3 Å². The monoisotopic (exact) mass is 369 g/mol. The summed E-state index contributed by atoms with van der Waals surface area (Å²) >= 11 is 0. The van der Waals surface area contributed by atoms with E-state index in [2.05, 4.69) is 22.0 Å². The summed E-state index contributed by atoms with van der Waals surface area (Å²) in [6.45, 7) is 3.46. The van der Waals surface area contributed by atoms with Crippen LogP contribution >= 0.6 is 0 Å². The highest BCUT2D eigenvalue weighted by molar-refractivity contribution is 5.93. The molecule has 4 rings (SSSR count). The fourth-order valence-corrected chi connectivity index (χ4v) is 4.11. The summed E-state index contributed by atoms with van der Waals surface area (Å²) in [5.41, 5.74) is 3.20. The predicted molar refractivity (Wildman–Crippen MR) is 100 cm³/mol. The Morgan fingerprint density at radius 2 is 1.96 bits per heavy atom. The largest absolute Gasteiger partial charge is 0.497 e. The van der Waals surface area contributed by atoms with Gasteiger partial charge in [0.1, 0.15) is 5.75 Å². The average Bonchev–Trinajstić information content (AvgIpc) is 2.73. The molecule has 0 aliphatic carbocycles. The number of nitrogens with zero attached hydrogens (tertiary/aromatic N) is 3. The summed E-state index contributed by atoms with van der Waals surface area (Å²) in [7, 11) is 1.70. The van der Waals surface area contributed by atoms with Gasteiger partial charge in [-0.3, -0.25) is 9.69 Å². The van der Waals surface area contributed by atoms with Crippen molar-refractivity contribution >= 4 is 5.91 Å². The lowest BCUT2D eigenvalue weighted by atomic mass is 9.95. The van der Waals surface area contributed by atoms with Gasteiger partial charge in [-0.05, 0) is 54.7 Å². The molecule has 142 valence electrons. The van der Waals surface area contributed by atoms with Crippen LogP contribution in [0, 0.1) is 5.95 Å². The number of aromatic nitrogens is 1. The lowest BCUT2D eigenvalue weighted by Crippen LogP contribution is -2.48. The van der Waals surface area contributed by atoms with E-state index in [1.165, 1.54) is 29.5 Å². The molecule has 0 spiro atoms. The van der Waals surface area contributed by atoms with Crippen LogP contribution in [0.5, 0.6) is 5.75 Å². The zero-order valence-electron chi connectivity index (χ0n) is 15.5. The van der Waals surface area contributed by atoms with Crippen molar-refractivity contribution in [1.82, 2.24) is 14.8 Å². The Morgan fingerprint density at radius 1 is 1.15 bits per heavy atom. The third kappa shape index (κ3) is 3.81. The van der Waals surface area contributed by atoms with E-state index in [0.717, 1.165) is 51.2 Å². The molecular formula is C21H24FN3O2. The number of ether oxygens (including phenoxy) is 1. The van der Waals surface area contributed by atoms with E-state index in [1.54, 1.807) is 7.11 Å². The van der Waals surface area contributed by atoms with Gasteiger partial charge in [0.15, 0.2) is 0 Å². The molecule has 2 aliphatic rings. The van der Waals surface area contributed by atoms with E-state index in [9.17, 15) is 9.18 Å². The SMILES string of the molecule is COc1ccc2c(c1)CCN(C1CCN(C(=O)c3ccc(F)nc3)CC1)C2. The molecule has 0 radical (unpaired) electrons. The Bertz CT molecular complexity index is 817. The molecule has 2 aromatic rings. The molecule has 1 fully saturated rings. The highest BCUT2D eigenvalue weighted by atomic mass is 19.1. The van der Waals surface area contributed by atoms with Crippen molar-refractivity contribution in [2.24, 2.45) is 0 Å². The fraction of sp³-hybridized carbons (Fsp3) is 0.429. The number of rotatable bonds is 3. The van der Waals surface area contributed by atoms with Crippen LogP contribution in [0.2, 0.25) is 0 Å². The molecule has 1 aromatic heterocycles. The van der Waals surface area contributed by atoms with Crippen LogP contribution in [-0.4, -0.2) is 53.5 Å². The summed E-state index contributed by atoms with van der Waals surface area (Å²) < 4.78 is 18.3. The molecule has 0 N–H and O–H groups in total. The van der Waals surface area contributed by atoms with E-state index in [-0.39, 0.29) is 5.91 Å². The number of carbonyl (C=O) groups excluding carboxylic acids is 1. The van der Waals surface area contributed by atoms with Gasteiger partial charge in [0.25, 0.3) is 5.91 Å². The first kappa shape index (κ1) is 17.9. The molecule has 1 aromatic carbocycles. The van der Waals surface area contributed by atoms with E-state index in [4.69, 9.17) is 4.74 Å². The second-order valence-corrected chi connectivity index (χ2v) is 7.25. The van der Waals surface area contributed by atoms with Crippen molar-refractivity contribution in [3.05, 3.63) is 59.2 Å². The van der Waals surface area contributed by atoms with Gasteiger partial charge in [-0.1, -0.05) is 6.07 Å². The average molecular weight is 369 g/mol. The number of hydrogen-bond donors (Lipinski definition) is 0. The van der Waals surface area contributed by atoms with Crippen molar-refractivity contribution in [2.45, 2.75) is 31.8 Å². The Labute approximate surface area is 158 Å². The van der Waals surface area contributed by atoms with Crippen LogP contribution in [0.4, 0.5) is 4.39 Å². The summed E-state index contributed by atoms with van der Waals surface area (Å²) in [4.78, 5) is 20.5. The van der Waals surface area contributed by atoms with Gasteiger partial charge in [0.2, 0.25) is 5.95 Å². The summed E-state index contributed by atoms with van der Waals surface area (Å²) in [6, 6.07) is 9.58. The maximum absolute atomic E-state index is 12.9. The van der Waals surface area contributed by atoms with Gasteiger partial charge >= 0.3 is 0 Å². The molecule has 6 heteroatoms. The van der Waals surface area contributed by atoms with Gasteiger partial charge in [0, 0.05) is 38.4 Å². The number of methoxy groups -OCH3 is 1. The number of fused-ring (bicyclic) bond motifs is 1. The first-order chi connectivity index (χ1) is 13.1. The van der Waals surface area contributed by atoms with Crippen LogP contribution in [0.15, 0.2) is 36.5 Å². The third-order valence-corrected chi connectivity index (χ3v) is 5.70. The van der Waals surface area contributed by atoms with Crippen molar-refractivity contribution < 1.29 is 13.9 Å². The number of piperidine rings is 1. The van der Waals surface area contributed by atoms with Gasteiger partial charge < -0.3 is 9.64 Å². The van der Waals surface area contributed by atoms with Crippen LogP contribution in [0.25, 0.3) is 0 Å². The molecule has 0 saturated carbocycles. The standard InChI is InChI=1S/C21H24FN3O2/c1-27-19-4-2-17-14-25(9-6-15(17)12-19)18-7-10-24(11-8-18)21(26)16-3-5-20(22)23-13-16/h2-5,12-13,18H,6-11,14H2,1H3. The van der Waals surface area contributed by atoms with Gasteiger partial charge in [-0.25, -0.2) is 4.98 Å². The minimum Gasteiger partial charge on any atom is -0.497 e. The Kier molecular flexibility index (Phi) is 5.07. The maximum Gasteiger partial charge on any atom is 0.255 e. The molecule has 27 heavy (non-hydrogen) atoms. The lowest BCUT2D eigenvalue weighted by molar-refractivity contribution is 0.0599. The fourth-order valence-electron chi connectivity index (χ4n) is 4.11. The Balaban J connectivity index is 1.35. The topological polar surface area (TPSA) is 45.7 Å². The van der Waals surface area contributed by atoms with Gasteiger partial charge in [-0.2, -0.15) is 4.39 Å². The second-order valence-electron chi connectivity index (χ2n) is 7.25. The second kappa shape index (κ2) is 7.64. The van der Waals surface area contributed by atoms with E-state index in [0.29, 0.717) is 11.6 Å². The number of amides is 1. The van der Waals surface area contributed by atoms with Crippen molar-refractivity contribution in [2.75, 3.05) is 26.7 Å².